The van der Waals surface area contributed by atoms with E-state index in [4.69, 9.17) is 9.11 Å². The fourth-order valence-electron chi connectivity index (χ4n) is 2.39. The smallest absolute Gasteiger partial charge is 0.269 e. The highest BCUT2D eigenvalue weighted by atomic mass is 32.2. The van der Waals surface area contributed by atoms with Gasteiger partial charge in [-0.1, -0.05) is 58.4 Å². The van der Waals surface area contributed by atoms with E-state index in [1.165, 1.54) is 51.5 Å². The van der Waals surface area contributed by atoms with Gasteiger partial charge in [-0.25, -0.2) is 0 Å². The predicted molar refractivity (Wildman–Crippen MR) is 102 cm³/mol. The highest BCUT2D eigenvalue weighted by molar-refractivity contribution is 7.85. The van der Waals surface area contributed by atoms with Crippen LogP contribution in [-0.4, -0.2) is 31.0 Å². The van der Waals surface area contributed by atoms with Gasteiger partial charge < -0.3 is 5.11 Å². The van der Waals surface area contributed by atoms with Crippen molar-refractivity contribution < 1.29 is 31.0 Å². The fourth-order valence-corrected chi connectivity index (χ4v) is 3.59. The van der Waals surface area contributed by atoms with Crippen molar-refractivity contribution in [2.24, 2.45) is 0 Å². The largest absolute Gasteiger partial charge is 0.507 e. The van der Waals surface area contributed by atoms with Gasteiger partial charge in [-0.2, -0.15) is 16.8 Å². The van der Waals surface area contributed by atoms with E-state index >= 15 is 0 Å². The topological polar surface area (TPSA) is 129 Å². The molecule has 1 aromatic rings. The van der Waals surface area contributed by atoms with Crippen molar-refractivity contribution in [3.05, 3.63) is 28.8 Å². The standard InChI is InChI=1S/C9H12O7S2.C8H18/c1-6-2-7(4-17(11,12)13)3-8(9(6)10)5-18(14,15)16;1-3-5-7-8-6-4-2/h2-3,10H,4-5H2,1H3,(H,11,12,13)(H,14,15,16);3-8H2,1-2H3. The average Bonchev–Trinajstić information content (AvgIpc) is 2.46. The van der Waals surface area contributed by atoms with E-state index in [1.54, 1.807) is 0 Å². The number of rotatable bonds is 9. The Kier molecular flexibility index (Phi) is 11.0. The van der Waals surface area contributed by atoms with Gasteiger partial charge in [-0.05, 0) is 24.1 Å². The van der Waals surface area contributed by atoms with Crippen LogP contribution in [0.5, 0.6) is 5.75 Å². The zero-order valence-electron chi connectivity index (χ0n) is 15.6. The number of unbranched alkanes of at least 4 members (excludes halogenated alkanes) is 5. The number of benzene rings is 1. The minimum Gasteiger partial charge on any atom is -0.507 e. The summed E-state index contributed by atoms with van der Waals surface area (Å²) in [6.07, 6.45) is 8.49. The predicted octanol–water partition coefficient (Wildman–Crippen LogP) is 3.84. The molecule has 9 heteroatoms. The van der Waals surface area contributed by atoms with Crippen LogP contribution in [0.3, 0.4) is 0 Å². The summed E-state index contributed by atoms with van der Waals surface area (Å²) in [5, 5.41) is 9.60. The number of aromatic hydroxyl groups is 1. The molecule has 0 aliphatic heterocycles. The van der Waals surface area contributed by atoms with Gasteiger partial charge in [0.15, 0.2) is 0 Å². The Labute approximate surface area is 157 Å². The van der Waals surface area contributed by atoms with E-state index in [-0.39, 0.29) is 22.4 Å². The molecule has 0 fully saturated rings. The zero-order chi connectivity index (χ0) is 20.4. The minimum absolute atomic E-state index is 0.117. The van der Waals surface area contributed by atoms with Gasteiger partial charge in [0.1, 0.15) is 17.3 Å². The van der Waals surface area contributed by atoms with Gasteiger partial charge in [-0.3, -0.25) is 9.11 Å². The van der Waals surface area contributed by atoms with Crippen molar-refractivity contribution in [2.45, 2.75) is 70.8 Å². The van der Waals surface area contributed by atoms with Crippen molar-refractivity contribution in [1.82, 2.24) is 0 Å². The lowest BCUT2D eigenvalue weighted by molar-refractivity contribution is 0.458. The summed E-state index contributed by atoms with van der Waals surface area (Å²) in [7, 11) is -8.61. The van der Waals surface area contributed by atoms with Crippen LogP contribution in [0.2, 0.25) is 0 Å². The summed E-state index contributed by atoms with van der Waals surface area (Å²) in [5.74, 6) is -1.88. The molecule has 0 amide bonds. The molecule has 152 valence electrons. The van der Waals surface area contributed by atoms with Crippen LogP contribution in [0, 0.1) is 6.92 Å². The summed E-state index contributed by atoms with van der Waals surface area (Å²) in [6, 6.07) is 2.40. The second-order valence-corrected chi connectivity index (χ2v) is 9.19. The van der Waals surface area contributed by atoms with Gasteiger partial charge in [0, 0.05) is 5.56 Å². The molecule has 0 bridgehead atoms. The van der Waals surface area contributed by atoms with Crippen LogP contribution in [-0.2, 0) is 31.7 Å². The second kappa shape index (κ2) is 11.5. The fraction of sp³-hybridized carbons (Fsp3) is 0.647. The number of phenolic OH excluding ortho intramolecular Hbond substituents is 1. The summed E-state index contributed by atoms with van der Waals surface area (Å²) in [6.45, 7) is 5.95. The highest BCUT2D eigenvalue weighted by Gasteiger charge is 2.16. The van der Waals surface area contributed by atoms with Crippen LogP contribution in [0.4, 0.5) is 0 Å². The van der Waals surface area contributed by atoms with E-state index in [2.05, 4.69) is 13.8 Å². The Morgan fingerprint density at radius 3 is 1.65 bits per heavy atom. The molecule has 26 heavy (non-hydrogen) atoms. The molecule has 0 atom stereocenters. The summed E-state index contributed by atoms with van der Waals surface area (Å²) < 4.78 is 60.3. The summed E-state index contributed by atoms with van der Waals surface area (Å²) in [5.41, 5.74) is 0.234. The molecular weight excluding hydrogens is 380 g/mol. The van der Waals surface area contributed by atoms with E-state index in [0.717, 1.165) is 6.07 Å². The van der Waals surface area contributed by atoms with Crippen LogP contribution < -0.4 is 0 Å². The molecule has 0 heterocycles. The first-order chi connectivity index (χ1) is 11.9. The maximum atomic E-state index is 10.7. The van der Waals surface area contributed by atoms with Gasteiger partial charge in [-0.15, -0.1) is 0 Å². The summed E-state index contributed by atoms with van der Waals surface area (Å²) in [4.78, 5) is 0. The van der Waals surface area contributed by atoms with E-state index in [1.807, 2.05) is 0 Å². The number of hydrogen-bond donors (Lipinski definition) is 3. The van der Waals surface area contributed by atoms with E-state index < -0.39 is 31.7 Å². The Morgan fingerprint density at radius 1 is 0.808 bits per heavy atom. The molecule has 7 nitrogen and oxygen atoms in total. The molecule has 1 aromatic carbocycles. The molecule has 0 spiro atoms. The maximum Gasteiger partial charge on any atom is 0.269 e. The van der Waals surface area contributed by atoms with Gasteiger partial charge in [0.05, 0.1) is 0 Å². The first-order valence-corrected chi connectivity index (χ1v) is 11.8. The van der Waals surface area contributed by atoms with Crippen molar-refractivity contribution >= 4 is 20.2 Å². The van der Waals surface area contributed by atoms with Gasteiger partial charge >= 0.3 is 0 Å². The average molecular weight is 411 g/mol. The maximum absolute atomic E-state index is 10.7. The lowest BCUT2D eigenvalue weighted by Gasteiger charge is -2.09. The minimum atomic E-state index is -4.35. The lowest BCUT2D eigenvalue weighted by Crippen LogP contribution is -2.06. The molecule has 0 aliphatic carbocycles. The molecular formula is C17H30O7S2. The third-order valence-corrected chi connectivity index (χ3v) is 4.96. The normalized spacial score (nSPS) is 11.7. The van der Waals surface area contributed by atoms with Crippen molar-refractivity contribution in [2.75, 3.05) is 0 Å². The quantitative estimate of drug-likeness (QED) is 0.416. The third kappa shape index (κ3) is 12.2. The van der Waals surface area contributed by atoms with Crippen molar-refractivity contribution in [3.63, 3.8) is 0 Å². The molecule has 3 N–H and O–H groups in total. The van der Waals surface area contributed by atoms with Crippen LogP contribution in [0.15, 0.2) is 12.1 Å². The van der Waals surface area contributed by atoms with Crippen LogP contribution in [0.25, 0.3) is 0 Å². The highest BCUT2D eigenvalue weighted by Crippen LogP contribution is 2.26. The Hall–Kier alpha value is -1.16. The molecule has 0 saturated heterocycles. The van der Waals surface area contributed by atoms with Gasteiger partial charge in [0.2, 0.25) is 0 Å². The van der Waals surface area contributed by atoms with Crippen molar-refractivity contribution in [3.8, 4) is 5.75 Å². The SMILES string of the molecule is CCCCCCCC.Cc1cc(CS(=O)(=O)O)cc(CS(=O)(=O)O)c1O. The van der Waals surface area contributed by atoms with Crippen LogP contribution in [0.1, 0.15) is 69.1 Å². The molecule has 0 aliphatic rings. The molecule has 1 rings (SSSR count). The molecule has 0 radical (unpaired) electrons. The van der Waals surface area contributed by atoms with Gasteiger partial charge in [0.25, 0.3) is 20.2 Å². The Morgan fingerprint density at radius 2 is 1.27 bits per heavy atom. The van der Waals surface area contributed by atoms with E-state index in [0.29, 0.717) is 0 Å². The second-order valence-electron chi connectivity index (χ2n) is 6.29. The monoisotopic (exact) mass is 410 g/mol. The first kappa shape index (κ1) is 24.8. The Bertz CT molecular complexity index is 748. The molecule has 0 aromatic heterocycles. The lowest BCUT2D eigenvalue weighted by atomic mass is 10.1. The van der Waals surface area contributed by atoms with E-state index in [9.17, 15) is 21.9 Å². The van der Waals surface area contributed by atoms with Crippen molar-refractivity contribution in [1.29, 1.82) is 0 Å². The summed E-state index contributed by atoms with van der Waals surface area (Å²) >= 11 is 0. The number of aryl methyl sites for hydroxylation is 1. The molecule has 0 saturated carbocycles. The number of hydrogen-bond acceptors (Lipinski definition) is 5. The molecule has 0 unspecified atom stereocenters. The first-order valence-electron chi connectivity index (χ1n) is 8.61. The van der Waals surface area contributed by atoms with Crippen LogP contribution >= 0.6 is 0 Å². The zero-order valence-corrected chi connectivity index (χ0v) is 17.2. The Balaban J connectivity index is 0.000000660. The third-order valence-electron chi connectivity index (χ3n) is 3.58. The number of phenols is 1.